The van der Waals surface area contributed by atoms with Gasteiger partial charge >= 0.3 is 0 Å². The van der Waals surface area contributed by atoms with Crippen molar-refractivity contribution in [3.05, 3.63) is 35.4 Å². The van der Waals surface area contributed by atoms with Crippen LogP contribution in [0.15, 0.2) is 24.3 Å². The van der Waals surface area contributed by atoms with Crippen LogP contribution in [-0.2, 0) is 11.3 Å². The highest BCUT2D eigenvalue weighted by Crippen LogP contribution is 2.15. The highest BCUT2D eigenvalue weighted by Gasteiger charge is 2.12. The lowest BCUT2D eigenvalue weighted by Crippen LogP contribution is -2.29. The Bertz CT molecular complexity index is 423. The molecule has 1 aromatic carbocycles. The first-order valence-electron chi connectivity index (χ1n) is 8.02. The van der Waals surface area contributed by atoms with Crippen LogP contribution < -0.4 is 11.1 Å². The second kappa shape index (κ2) is 8.83. The maximum Gasteiger partial charge on any atom is 0.223 e. The topological polar surface area (TPSA) is 55.1 Å². The first-order valence-corrected chi connectivity index (χ1v) is 8.02. The third-order valence-corrected chi connectivity index (χ3v) is 3.86. The molecule has 0 bridgehead atoms. The van der Waals surface area contributed by atoms with E-state index in [9.17, 15) is 4.79 Å². The maximum atomic E-state index is 12.0. The van der Waals surface area contributed by atoms with Crippen molar-refractivity contribution in [2.24, 2.45) is 11.7 Å². The van der Waals surface area contributed by atoms with Gasteiger partial charge in [-0.1, -0.05) is 51.5 Å². The first kappa shape index (κ1) is 17.7. The smallest absolute Gasteiger partial charge is 0.223 e. The molecule has 0 spiro atoms. The molecular weight excluding hydrogens is 260 g/mol. The predicted molar refractivity (Wildman–Crippen MR) is 89.0 cm³/mol. The molecule has 0 heterocycles. The van der Waals surface area contributed by atoms with Crippen LogP contribution >= 0.6 is 0 Å². The molecule has 2 unspecified atom stereocenters. The Kier molecular flexibility index (Phi) is 7.44. The summed E-state index contributed by atoms with van der Waals surface area (Å²) < 4.78 is 0. The Hall–Kier alpha value is -1.35. The molecule has 1 amide bonds. The molecule has 1 rings (SSSR count). The van der Waals surface area contributed by atoms with Gasteiger partial charge in [0.2, 0.25) is 5.91 Å². The zero-order valence-corrected chi connectivity index (χ0v) is 13.9. The Morgan fingerprint density at radius 1 is 1.10 bits per heavy atom. The van der Waals surface area contributed by atoms with E-state index in [1.807, 2.05) is 13.8 Å². The SMILES string of the molecule is CC(N)CCCC(C)C(=O)NCc1ccc(C(C)C)cc1. The summed E-state index contributed by atoms with van der Waals surface area (Å²) in [5, 5.41) is 3.02. The molecule has 0 saturated heterocycles. The molecule has 3 heteroatoms. The summed E-state index contributed by atoms with van der Waals surface area (Å²) in [5.74, 6) is 0.727. The number of hydrogen-bond donors (Lipinski definition) is 2. The highest BCUT2D eigenvalue weighted by molar-refractivity contribution is 5.78. The summed E-state index contributed by atoms with van der Waals surface area (Å²) in [6.07, 6.45) is 2.89. The van der Waals surface area contributed by atoms with Gasteiger partial charge < -0.3 is 11.1 Å². The summed E-state index contributed by atoms with van der Waals surface area (Å²) in [6.45, 7) is 8.96. The second-order valence-electron chi connectivity index (χ2n) is 6.42. The summed E-state index contributed by atoms with van der Waals surface area (Å²) in [6, 6.07) is 8.68. The van der Waals surface area contributed by atoms with Crippen molar-refractivity contribution in [3.8, 4) is 0 Å². The van der Waals surface area contributed by atoms with Gasteiger partial charge in [0, 0.05) is 18.5 Å². The maximum absolute atomic E-state index is 12.0. The standard InChI is InChI=1S/C18H30N2O/c1-13(2)17-10-8-16(9-11-17)12-20-18(21)14(3)6-5-7-15(4)19/h8-11,13-15H,5-7,12,19H2,1-4H3,(H,20,21). The molecule has 0 aliphatic rings. The van der Waals surface area contributed by atoms with E-state index in [1.165, 1.54) is 5.56 Å². The van der Waals surface area contributed by atoms with Gasteiger partial charge in [0.05, 0.1) is 0 Å². The fraction of sp³-hybridized carbons (Fsp3) is 0.611. The summed E-state index contributed by atoms with van der Waals surface area (Å²) in [4.78, 5) is 12.0. The first-order chi connectivity index (χ1) is 9.90. The highest BCUT2D eigenvalue weighted by atomic mass is 16.1. The number of rotatable bonds is 8. The minimum atomic E-state index is 0.0543. The van der Waals surface area contributed by atoms with E-state index in [0.717, 1.165) is 24.8 Å². The fourth-order valence-electron chi connectivity index (χ4n) is 2.26. The summed E-state index contributed by atoms with van der Waals surface area (Å²) in [7, 11) is 0. The van der Waals surface area contributed by atoms with E-state index in [-0.39, 0.29) is 17.9 Å². The van der Waals surface area contributed by atoms with Gasteiger partial charge in [0.1, 0.15) is 0 Å². The number of benzene rings is 1. The molecular formula is C18H30N2O. The Labute approximate surface area is 129 Å². The Balaban J connectivity index is 2.34. The van der Waals surface area contributed by atoms with Crippen molar-refractivity contribution in [3.63, 3.8) is 0 Å². The minimum Gasteiger partial charge on any atom is -0.352 e. The summed E-state index contributed by atoms with van der Waals surface area (Å²) >= 11 is 0. The summed E-state index contributed by atoms with van der Waals surface area (Å²) in [5.41, 5.74) is 8.20. The van der Waals surface area contributed by atoms with E-state index in [4.69, 9.17) is 5.73 Å². The van der Waals surface area contributed by atoms with Gasteiger partial charge in [-0.2, -0.15) is 0 Å². The van der Waals surface area contributed by atoms with Gasteiger partial charge in [-0.05, 0) is 36.8 Å². The molecule has 1 aromatic rings. The van der Waals surface area contributed by atoms with Crippen LogP contribution in [0.2, 0.25) is 0 Å². The van der Waals surface area contributed by atoms with Crippen molar-refractivity contribution in [1.29, 1.82) is 0 Å². The Morgan fingerprint density at radius 2 is 1.71 bits per heavy atom. The molecule has 0 aliphatic carbocycles. The van der Waals surface area contributed by atoms with E-state index in [1.54, 1.807) is 0 Å². The Morgan fingerprint density at radius 3 is 2.24 bits per heavy atom. The number of hydrogen-bond acceptors (Lipinski definition) is 2. The van der Waals surface area contributed by atoms with Crippen LogP contribution in [0.3, 0.4) is 0 Å². The van der Waals surface area contributed by atoms with Gasteiger partial charge in [-0.15, -0.1) is 0 Å². The van der Waals surface area contributed by atoms with E-state index >= 15 is 0 Å². The van der Waals surface area contributed by atoms with Crippen LogP contribution in [0.25, 0.3) is 0 Å². The number of amides is 1. The van der Waals surface area contributed by atoms with E-state index in [2.05, 4.69) is 43.4 Å². The predicted octanol–water partition coefficient (Wildman–Crippen LogP) is 3.58. The average Bonchev–Trinajstić information content (AvgIpc) is 2.44. The zero-order valence-electron chi connectivity index (χ0n) is 13.9. The molecule has 0 saturated carbocycles. The van der Waals surface area contributed by atoms with Crippen molar-refractivity contribution in [2.45, 2.75) is 65.5 Å². The number of nitrogens with one attached hydrogen (secondary N) is 1. The molecule has 0 aliphatic heterocycles. The molecule has 3 N–H and O–H groups in total. The van der Waals surface area contributed by atoms with Gasteiger partial charge in [-0.25, -0.2) is 0 Å². The van der Waals surface area contributed by atoms with Crippen molar-refractivity contribution < 1.29 is 4.79 Å². The van der Waals surface area contributed by atoms with Crippen molar-refractivity contribution >= 4 is 5.91 Å². The van der Waals surface area contributed by atoms with Crippen molar-refractivity contribution in [2.75, 3.05) is 0 Å². The van der Waals surface area contributed by atoms with Crippen LogP contribution in [0, 0.1) is 5.92 Å². The molecule has 118 valence electrons. The van der Waals surface area contributed by atoms with Crippen LogP contribution in [0.4, 0.5) is 0 Å². The van der Waals surface area contributed by atoms with E-state index in [0.29, 0.717) is 12.5 Å². The fourth-order valence-corrected chi connectivity index (χ4v) is 2.26. The quantitative estimate of drug-likeness (QED) is 0.769. The molecule has 0 fully saturated rings. The van der Waals surface area contributed by atoms with Crippen LogP contribution in [-0.4, -0.2) is 11.9 Å². The van der Waals surface area contributed by atoms with Gasteiger partial charge in [0.25, 0.3) is 0 Å². The number of carbonyl (C=O) groups excluding carboxylic acids is 1. The third kappa shape index (κ3) is 6.76. The molecule has 2 atom stereocenters. The van der Waals surface area contributed by atoms with Gasteiger partial charge in [0.15, 0.2) is 0 Å². The lowest BCUT2D eigenvalue weighted by molar-refractivity contribution is -0.124. The minimum absolute atomic E-state index is 0.0543. The van der Waals surface area contributed by atoms with Crippen LogP contribution in [0.1, 0.15) is 64.0 Å². The largest absolute Gasteiger partial charge is 0.352 e. The molecule has 3 nitrogen and oxygen atoms in total. The molecule has 0 aromatic heterocycles. The number of nitrogens with two attached hydrogens (primary N) is 1. The third-order valence-electron chi connectivity index (χ3n) is 3.86. The molecule has 0 radical (unpaired) electrons. The lowest BCUT2D eigenvalue weighted by atomic mass is 10.0. The normalized spacial score (nSPS) is 14.0. The van der Waals surface area contributed by atoms with Crippen LogP contribution in [0.5, 0.6) is 0 Å². The monoisotopic (exact) mass is 290 g/mol. The van der Waals surface area contributed by atoms with Gasteiger partial charge in [-0.3, -0.25) is 4.79 Å². The average molecular weight is 290 g/mol. The van der Waals surface area contributed by atoms with Crippen molar-refractivity contribution in [1.82, 2.24) is 5.32 Å². The zero-order chi connectivity index (χ0) is 15.8. The molecule has 21 heavy (non-hydrogen) atoms. The lowest BCUT2D eigenvalue weighted by Gasteiger charge is -2.13. The second-order valence-corrected chi connectivity index (χ2v) is 6.42. The number of carbonyl (C=O) groups is 1. The van der Waals surface area contributed by atoms with E-state index < -0.39 is 0 Å².